The molecule has 3 amide bonds. The summed E-state index contributed by atoms with van der Waals surface area (Å²) < 4.78 is 6.80. The lowest BCUT2D eigenvalue weighted by Crippen LogP contribution is -2.43. The Labute approximate surface area is 195 Å². The van der Waals surface area contributed by atoms with Gasteiger partial charge in [0.25, 0.3) is 11.8 Å². The van der Waals surface area contributed by atoms with Gasteiger partial charge in [-0.3, -0.25) is 29.6 Å². The average molecular weight is 553 g/mol. The number of esters is 1. The van der Waals surface area contributed by atoms with Crippen molar-refractivity contribution < 1.29 is 23.9 Å². The minimum atomic E-state index is -0.763. The minimum Gasteiger partial charge on any atom is -0.455 e. The van der Waals surface area contributed by atoms with Crippen LogP contribution in [-0.4, -0.2) is 41.9 Å². The fourth-order valence-corrected chi connectivity index (χ4v) is 3.45. The van der Waals surface area contributed by atoms with Gasteiger partial charge in [-0.05, 0) is 55.0 Å². The summed E-state index contributed by atoms with van der Waals surface area (Å²) in [6, 6.07) is 11.9. The summed E-state index contributed by atoms with van der Waals surface area (Å²) in [7, 11) is 0. The normalized spacial score (nSPS) is 15.5. The number of hydrazine groups is 1. The smallest absolute Gasteiger partial charge is 0.311 e. The van der Waals surface area contributed by atoms with Gasteiger partial charge in [-0.2, -0.15) is 0 Å². The Kier molecular flexibility index (Phi) is 7.45. The molecule has 31 heavy (non-hydrogen) atoms. The van der Waals surface area contributed by atoms with Crippen LogP contribution in [0, 0.1) is 12.8 Å². The zero-order valence-electron chi connectivity index (χ0n) is 16.5. The molecule has 1 fully saturated rings. The van der Waals surface area contributed by atoms with Gasteiger partial charge in [0.1, 0.15) is 0 Å². The van der Waals surface area contributed by atoms with Crippen LogP contribution in [0.3, 0.4) is 0 Å². The molecular formula is C21H19Br2N3O5. The van der Waals surface area contributed by atoms with Gasteiger partial charge in [-0.15, -0.1) is 0 Å². The molecule has 2 N–H and O–H groups in total. The Morgan fingerprint density at radius 1 is 1.13 bits per heavy atom. The van der Waals surface area contributed by atoms with E-state index in [4.69, 9.17) is 4.74 Å². The standard InChI is InChI=1S/C21H19Br2N3O5/c1-12-8-16(6-7-17(12)23)24-18(27)11-31-21(30)14-9-19(28)26(10-14)25-20(29)13-2-4-15(22)5-3-13/h2-8,14H,9-11H2,1H3,(H,24,27)(H,25,29)/t14-/m0/s1. The topological polar surface area (TPSA) is 105 Å². The van der Waals surface area contributed by atoms with E-state index < -0.39 is 36.2 Å². The second-order valence-electron chi connectivity index (χ2n) is 6.97. The van der Waals surface area contributed by atoms with Crippen molar-refractivity contribution in [1.82, 2.24) is 10.4 Å². The van der Waals surface area contributed by atoms with Crippen molar-refractivity contribution in [3.8, 4) is 0 Å². The molecule has 1 aliphatic rings. The highest BCUT2D eigenvalue weighted by atomic mass is 79.9. The summed E-state index contributed by atoms with van der Waals surface area (Å²) in [6.07, 6.45) is -0.104. The Morgan fingerprint density at radius 3 is 2.52 bits per heavy atom. The molecule has 0 aromatic heterocycles. The van der Waals surface area contributed by atoms with Gasteiger partial charge < -0.3 is 10.1 Å². The molecule has 1 heterocycles. The summed E-state index contributed by atoms with van der Waals surface area (Å²) in [4.78, 5) is 48.8. The monoisotopic (exact) mass is 551 g/mol. The van der Waals surface area contributed by atoms with Crippen molar-refractivity contribution in [2.45, 2.75) is 13.3 Å². The Bertz CT molecular complexity index is 1030. The van der Waals surface area contributed by atoms with Crippen LogP contribution >= 0.6 is 31.9 Å². The zero-order valence-corrected chi connectivity index (χ0v) is 19.7. The largest absolute Gasteiger partial charge is 0.455 e. The highest BCUT2D eigenvalue weighted by Crippen LogP contribution is 2.21. The maximum Gasteiger partial charge on any atom is 0.311 e. The van der Waals surface area contributed by atoms with Crippen LogP contribution in [0.4, 0.5) is 5.69 Å². The van der Waals surface area contributed by atoms with Crippen molar-refractivity contribution in [3.63, 3.8) is 0 Å². The van der Waals surface area contributed by atoms with Crippen LogP contribution in [0.1, 0.15) is 22.3 Å². The van der Waals surface area contributed by atoms with E-state index in [0.717, 1.165) is 19.5 Å². The van der Waals surface area contributed by atoms with E-state index in [0.29, 0.717) is 11.3 Å². The van der Waals surface area contributed by atoms with Gasteiger partial charge in [0.15, 0.2) is 6.61 Å². The first-order valence-corrected chi connectivity index (χ1v) is 10.9. The number of carbonyl (C=O) groups excluding carboxylic acids is 4. The van der Waals surface area contributed by atoms with Crippen molar-refractivity contribution in [3.05, 3.63) is 62.5 Å². The number of amides is 3. The highest BCUT2D eigenvalue weighted by Gasteiger charge is 2.36. The molecule has 0 spiro atoms. The van der Waals surface area contributed by atoms with Gasteiger partial charge in [0.2, 0.25) is 5.91 Å². The second kappa shape index (κ2) is 10.1. The Balaban J connectivity index is 1.48. The lowest BCUT2D eigenvalue weighted by atomic mass is 10.1. The predicted molar refractivity (Wildman–Crippen MR) is 120 cm³/mol. The van der Waals surface area contributed by atoms with Crippen molar-refractivity contribution >= 4 is 61.2 Å². The van der Waals surface area contributed by atoms with Gasteiger partial charge in [0.05, 0.1) is 12.5 Å². The quantitative estimate of drug-likeness (QED) is 0.535. The van der Waals surface area contributed by atoms with E-state index in [1.807, 2.05) is 6.92 Å². The van der Waals surface area contributed by atoms with Crippen LogP contribution in [-0.2, 0) is 19.1 Å². The number of hydrogen-bond donors (Lipinski definition) is 2. The van der Waals surface area contributed by atoms with E-state index in [1.165, 1.54) is 0 Å². The third-order valence-electron chi connectivity index (χ3n) is 4.59. The number of anilines is 1. The first kappa shape index (κ1) is 23.0. The first-order chi connectivity index (χ1) is 14.7. The van der Waals surface area contributed by atoms with Crippen molar-refractivity contribution in [2.75, 3.05) is 18.5 Å². The van der Waals surface area contributed by atoms with Crippen LogP contribution in [0.15, 0.2) is 51.4 Å². The molecule has 2 aromatic rings. The molecular weight excluding hydrogens is 534 g/mol. The maximum absolute atomic E-state index is 12.3. The minimum absolute atomic E-state index is 0.0204. The fraction of sp³-hybridized carbons (Fsp3) is 0.238. The Hall–Kier alpha value is -2.72. The summed E-state index contributed by atoms with van der Waals surface area (Å²) in [5, 5.41) is 3.75. The molecule has 162 valence electrons. The highest BCUT2D eigenvalue weighted by molar-refractivity contribution is 9.10. The van der Waals surface area contributed by atoms with Crippen molar-refractivity contribution in [1.29, 1.82) is 0 Å². The lowest BCUT2D eigenvalue weighted by molar-refractivity contribution is -0.151. The van der Waals surface area contributed by atoms with E-state index in [-0.39, 0.29) is 13.0 Å². The molecule has 0 bridgehead atoms. The number of hydrogen-bond acceptors (Lipinski definition) is 5. The maximum atomic E-state index is 12.3. The number of carbonyl (C=O) groups is 4. The van der Waals surface area contributed by atoms with Gasteiger partial charge in [-0.25, -0.2) is 0 Å². The number of ether oxygens (including phenoxy) is 1. The molecule has 0 saturated carbocycles. The van der Waals surface area contributed by atoms with Crippen molar-refractivity contribution in [2.24, 2.45) is 5.92 Å². The first-order valence-electron chi connectivity index (χ1n) is 9.32. The zero-order chi connectivity index (χ0) is 22.5. The van der Waals surface area contributed by atoms with Gasteiger partial charge >= 0.3 is 5.97 Å². The summed E-state index contributed by atoms with van der Waals surface area (Å²) in [5.74, 6) is -2.78. The molecule has 10 heteroatoms. The molecule has 0 radical (unpaired) electrons. The fourth-order valence-electron chi connectivity index (χ4n) is 2.94. The van der Waals surface area contributed by atoms with Crippen LogP contribution < -0.4 is 10.7 Å². The molecule has 2 aromatic carbocycles. The molecule has 8 nitrogen and oxygen atoms in total. The third kappa shape index (κ3) is 6.14. The van der Waals surface area contributed by atoms with Gasteiger partial charge in [0, 0.05) is 26.6 Å². The van der Waals surface area contributed by atoms with E-state index in [1.54, 1.807) is 42.5 Å². The third-order valence-corrected chi connectivity index (χ3v) is 6.01. The number of halogens is 2. The molecule has 3 rings (SSSR count). The summed E-state index contributed by atoms with van der Waals surface area (Å²) in [5.41, 5.74) is 4.40. The molecule has 0 unspecified atom stereocenters. The SMILES string of the molecule is Cc1cc(NC(=O)COC(=O)[C@H]2CC(=O)N(NC(=O)c3ccc(Br)cc3)C2)ccc1Br. The molecule has 1 saturated heterocycles. The van der Waals surface area contributed by atoms with Gasteiger partial charge in [-0.1, -0.05) is 31.9 Å². The average Bonchev–Trinajstić information content (AvgIpc) is 3.10. The van der Waals surface area contributed by atoms with E-state index in [2.05, 4.69) is 42.6 Å². The molecule has 1 aliphatic heterocycles. The lowest BCUT2D eigenvalue weighted by Gasteiger charge is -2.17. The van der Waals surface area contributed by atoms with E-state index >= 15 is 0 Å². The Morgan fingerprint density at radius 2 is 1.84 bits per heavy atom. The second-order valence-corrected chi connectivity index (χ2v) is 8.74. The van der Waals surface area contributed by atoms with Crippen LogP contribution in [0.2, 0.25) is 0 Å². The van der Waals surface area contributed by atoms with Crippen LogP contribution in [0.5, 0.6) is 0 Å². The number of aryl methyl sites for hydroxylation is 1. The number of nitrogens with one attached hydrogen (secondary N) is 2. The predicted octanol–water partition coefficient (Wildman–Crippen LogP) is 3.20. The summed E-state index contributed by atoms with van der Waals surface area (Å²) in [6.45, 7) is 1.40. The number of nitrogens with zero attached hydrogens (tertiary/aromatic N) is 1. The molecule has 0 aliphatic carbocycles. The van der Waals surface area contributed by atoms with E-state index in [9.17, 15) is 19.2 Å². The molecule has 1 atom stereocenters. The van der Waals surface area contributed by atoms with Crippen LogP contribution in [0.25, 0.3) is 0 Å². The summed E-state index contributed by atoms with van der Waals surface area (Å²) >= 11 is 6.67. The number of rotatable bonds is 6. The number of benzene rings is 2.